The summed E-state index contributed by atoms with van der Waals surface area (Å²) in [5.41, 5.74) is 0. The summed E-state index contributed by atoms with van der Waals surface area (Å²) >= 11 is 0. The fourth-order valence-corrected chi connectivity index (χ4v) is 0.463. The number of carbonyl (C=O) groups excluding carboxylic acids is 1. The molecule has 0 unspecified atom stereocenters. The van der Waals surface area contributed by atoms with Crippen molar-refractivity contribution in [2.75, 3.05) is 12.4 Å². The van der Waals surface area contributed by atoms with E-state index in [4.69, 9.17) is 0 Å². The number of rotatable bonds is 1. The van der Waals surface area contributed by atoms with Crippen LogP contribution in [-0.2, 0) is 4.74 Å². The molecule has 58 valence electrons. The van der Waals surface area contributed by atoms with Crippen LogP contribution < -0.4 is 5.32 Å². The molecule has 6 heteroatoms. The van der Waals surface area contributed by atoms with E-state index in [0.29, 0.717) is 5.82 Å². The van der Waals surface area contributed by atoms with Gasteiger partial charge in [-0.25, -0.2) is 4.79 Å². The molecule has 0 atom stereocenters. The molecule has 0 aliphatic rings. The van der Waals surface area contributed by atoms with Gasteiger partial charge in [-0.1, -0.05) is 0 Å². The maximum atomic E-state index is 10.6. The molecule has 1 N–H and O–H groups in total. The van der Waals surface area contributed by atoms with Gasteiger partial charge in [0.2, 0.25) is 0 Å². The van der Waals surface area contributed by atoms with Crippen molar-refractivity contribution in [1.29, 1.82) is 0 Å². The van der Waals surface area contributed by atoms with Gasteiger partial charge >= 0.3 is 6.09 Å². The molecule has 0 aliphatic heterocycles. The zero-order chi connectivity index (χ0) is 8.10. The molecular weight excluding hydrogens is 148 g/mol. The highest BCUT2D eigenvalue weighted by atomic mass is 16.5. The zero-order valence-corrected chi connectivity index (χ0v) is 5.81. The predicted molar refractivity (Wildman–Crippen MR) is 35.9 cm³/mol. The Balaban J connectivity index is 2.58. The van der Waals surface area contributed by atoms with E-state index < -0.39 is 6.09 Å². The van der Waals surface area contributed by atoms with Crippen LogP contribution in [0.1, 0.15) is 0 Å². The third-order valence-electron chi connectivity index (χ3n) is 0.919. The standard InChI is InChI=1S/C5H6N4O2/c1-11-5(10)7-4-2-3-6-9-8-4/h2-3H,1H3,(H,6,7,8,10). The van der Waals surface area contributed by atoms with E-state index >= 15 is 0 Å². The Morgan fingerprint density at radius 3 is 3.09 bits per heavy atom. The number of hydrogen-bond acceptors (Lipinski definition) is 5. The van der Waals surface area contributed by atoms with Gasteiger partial charge in [-0.3, -0.25) is 5.32 Å². The molecule has 0 saturated heterocycles. The average molecular weight is 154 g/mol. The quantitative estimate of drug-likeness (QED) is 0.618. The third-order valence-corrected chi connectivity index (χ3v) is 0.919. The smallest absolute Gasteiger partial charge is 0.412 e. The van der Waals surface area contributed by atoms with Crippen LogP contribution in [0.25, 0.3) is 0 Å². The van der Waals surface area contributed by atoms with Crippen LogP contribution in [0.4, 0.5) is 10.6 Å². The van der Waals surface area contributed by atoms with Crippen LogP contribution >= 0.6 is 0 Å². The van der Waals surface area contributed by atoms with E-state index in [1.165, 1.54) is 19.4 Å². The summed E-state index contributed by atoms with van der Waals surface area (Å²) < 4.78 is 4.32. The van der Waals surface area contributed by atoms with E-state index in [1.54, 1.807) is 0 Å². The first-order valence-corrected chi connectivity index (χ1v) is 2.82. The molecule has 1 rings (SSSR count). The first-order chi connectivity index (χ1) is 5.33. The number of hydrogen-bond donors (Lipinski definition) is 1. The Morgan fingerprint density at radius 1 is 1.73 bits per heavy atom. The van der Waals surface area contributed by atoms with Crippen molar-refractivity contribution in [2.24, 2.45) is 0 Å². The minimum absolute atomic E-state index is 0.312. The monoisotopic (exact) mass is 154 g/mol. The topological polar surface area (TPSA) is 77.0 Å². The lowest BCUT2D eigenvalue weighted by atomic mass is 10.6. The van der Waals surface area contributed by atoms with Gasteiger partial charge in [-0.2, -0.15) is 0 Å². The molecule has 1 heterocycles. The molecule has 0 radical (unpaired) electrons. The summed E-state index contributed by atoms with van der Waals surface area (Å²) in [4.78, 5) is 10.6. The van der Waals surface area contributed by atoms with Gasteiger partial charge in [0.05, 0.1) is 13.3 Å². The highest BCUT2D eigenvalue weighted by Crippen LogP contribution is 1.95. The lowest BCUT2D eigenvalue weighted by molar-refractivity contribution is 0.187. The van der Waals surface area contributed by atoms with Gasteiger partial charge in [-0.15, -0.1) is 10.2 Å². The number of nitrogens with one attached hydrogen (secondary N) is 1. The van der Waals surface area contributed by atoms with E-state index in [2.05, 4.69) is 25.5 Å². The Hall–Kier alpha value is -1.72. The number of amides is 1. The molecule has 0 fully saturated rings. The first-order valence-electron chi connectivity index (χ1n) is 2.82. The summed E-state index contributed by atoms with van der Waals surface area (Å²) in [6, 6.07) is 1.50. The average Bonchev–Trinajstić information content (AvgIpc) is 2.06. The molecule has 6 nitrogen and oxygen atoms in total. The minimum atomic E-state index is -0.578. The van der Waals surface area contributed by atoms with Crippen molar-refractivity contribution in [3.05, 3.63) is 12.3 Å². The number of aromatic nitrogens is 3. The third kappa shape index (κ3) is 2.17. The molecular formula is C5H6N4O2. The second-order valence-electron chi connectivity index (χ2n) is 1.62. The lowest BCUT2D eigenvalue weighted by Gasteiger charge is -1.98. The second-order valence-corrected chi connectivity index (χ2v) is 1.62. The molecule has 0 bridgehead atoms. The van der Waals surface area contributed by atoms with Crippen molar-refractivity contribution in [3.63, 3.8) is 0 Å². The van der Waals surface area contributed by atoms with Crippen LogP contribution in [0.3, 0.4) is 0 Å². The van der Waals surface area contributed by atoms with E-state index in [1.807, 2.05) is 0 Å². The van der Waals surface area contributed by atoms with Crippen LogP contribution in [0.5, 0.6) is 0 Å². The number of methoxy groups -OCH3 is 1. The summed E-state index contributed by atoms with van der Waals surface area (Å²) in [6.45, 7) is 0. The summed E-state index contributed by atoms with van der Waals surface area (Å²) in [7, 11) is 1.27. The van der Waals surface area contributed by atoms with Crippen LogP contribution in [0.15, 0.2) is 12.3 Å². The minimum Gasteiger partial charge on any atom is -0.453 e. The molecule has 0 saturated carbocycles. The maximum absolute atomic E-state index is 10.6. The molecule has 0 aliphatic carbocycles. The summed E-state index contributed by atoms with van der Waals surface area (Å²) in [6.07, 6.45) is 0.837. The molecule has 1 aromatic heterocycles. The molecule has 0 spiro atoms. The van der Waals surface area contributed by atoms with Crippen LogP contribution in [-0.4, -0.2) is 28.6 Å². The fourth-order valence-electron chi connectivity index (χ4n) is 0.463. The summed E-state index contributed by atoms with van der Waals surface area (Å²) in [5, 5.41) is 12.5. The van der Waals surface area contributed by atoms with Crippen molar-refractivity contribution < 1.29 is 9.53 Å². The van der Waals surface area contributed by atoms with Gasteiger partial charge in [0, 0.05) is 6.07 Å². The molecule has 0 aromatic carbocycles. The molecule has 1 aromatic rings. The number of nitrogens with zero attached hydrogens (tertiary/aromatic N) is 3. The van der Waals surface area contributed by atoms with Crippen molar-refractivity contribution >= 4 is 11.9 Å². The van der Waals surface area contributed by atoms with E-state index in [9.17, 15) is 4.79 Å². The van der Waals surface area contributed by atoms with Gasteiger partial charge in [0.15, 0.2) is 5.82 Å². The Labute approximate surface area is 62.6 Å². The highest BCUT2D eigenvalue weighted by molar-refractivity contribution is 5.82. The highest BCUT2D eigenvalue weighted by Gasteiger charge is 1.99. The Bertz CT molecular complexity index is 237. The maximum Gasteiger partial charge on any atom is 0.412 e. The first kappa shape index (κ1) is 7.39. The number of carbonyl (C=O) groups is 1. The molecule has 11 heavy (non-hydrogen) atoms. The van der Waals surface area contributed by atoms with Crippen molar-refractivity contribution in [3.8, 4) is 0 Å². The van der Waals surface area contributed by atoms with Gasteiger partial charge < -0.3 is 4.74 Å². The SMILES string of the molecule is COC(=O)Nc1ccnnn1. The fraction of sp³-hybridized carbons (Fsp3) is 0.200. The van der Waals surface area contributed by atoms with Crippen molar-refractivity contribution in [2.45, 2.75) is 0 Å². The van der Waals surface area contributed by atoms with Gasteiger partial charge in [-0.05, 0) is 5.21 Å². The van der Waals surface area contributed by atoms with Crippen molar-refractivity contribution in [1.82, 2.24) is 15.4 Å². The summed E-state index contributed by atoms with van der Waals surface area (Å²) in [5.74, 6) is 0.312. The Morgan fingerprint density at radius 2 is 2.55 bits per heavy atom. The van der Waals surface area contributed by atoms with E-state index in [-0.39, 0.29) is 0 Å². The lowest BCUT2D eigenvalue weighted by Crippen LogP contribution is -2.12. The number of ether oxygens (including phenoxy) is 1. The largest absolute Gasteiger partial charge is 0.453 e. The van der Waals surface area contributed by atoms with E-state index in [0.717, 1.165) is 0 Å². The van der Waals surface area contributed by atoms with Gasteiger partial charge in [0.1, 0.15) is 0 Å². The predicted octanol–water partition coefficient (Wildman–Crippen LogP) is 0.0499. The normalized spacial score (nSPS) is 8.82. The van der Waals surface area contributed by atoms with Crippen LogP contribution in [0, 0.1) is 0 Å². The van der Waals surface area contributed by atoms with Crippen LogP contribution in [0.2, 0.25) is 0 Å². The zero-order valence-electron chi connectivity index (χ0n) is 5.81. The van der Waals surface area contributed by atoms with Gasteiger partial charge in [0.25, 0.3) is 0 Å². The number of anilines is 1. The molecule has 1 amide bonds. The second kappa shape index (κ2) is 3.45. The Kier molecular flexibility index (Phi) is 2.32.